The van der Waals surface area contributed by atoms with Crippen LogP contribution in [0.15, 0.2) is 29.3 Å². The van der Waals surface area contributed by atoms with Crippen molar-refractivity contribution in [1.82, 2.24) is 10.6 Å². The Balaban J connectivity index is 2.45. The van der Waals surface area contributed by atoms with Crippen molar-refractivity contribution in [3.63, 3.8) is 0 Å². The van der Waals surface area contributed by atoms with Gasteiger partial charge in [0, 0.05) is 19.7 Å². The maximum Gasteiger partial charge on any atom is 0.191 e. The molecule has 5 heteroatoms. The van der Waals surface area contributed by atoms with Crippen LogP contribution in [0.2, 0.25) is 0 Å². The monoisotopic (exact) mass is 349 g/mol. The van der Waals surface area contributed by atoms with Gasteiger partial charge in [-0.15, -0.1) is 0 Å². The molecular weight excluding hydrogens is 314 g/mol. The maximum atomic E-state index is 9.23. The predicted molar refractivity (Wildman–Crippen MR) is 105 cm³/mol. The third-order valence-corrected chi connectivity index (χ3v) is 3.94. The van der Waals surface area contributed by atoms with Gasteiger partial charge in [0.25, 0.3) is 0 Å². The second-order valence-electron chi connectivity index (χ2n) is 6.77. The van der Waals surface area contributed by atoms with Gasteiger partial charge in [-0.25, -0.2) is 0 Å². The molecule has 0 saturated carbocycles. The van der Waals surface area contributed by atoms with Crippen molar-refractivity contribution in [1.29, 1.82) is 0 Å². The van der Waals surface area contributed by atoms with Crippen LogP contribution < -0.4 is 15.4 Å². The fraction of sp³-hybridized carbons (Fsp3) is 0.650. The smallest absolute Gasteiger partial charge is 0.191 e. The molecule has 0 amide bonds. The summed E-state index contributed by atoms with van der Waals surface area (Å²) in [7, 11) is 0. The van der Waals surface area contributed by atoms with E-state index in [0.29, 0.717) is 25.0 Å². The van der Waals surface area contributed by atoms with E-state index in [4.69, 9.17) is 4.74 Å². The van der Waals surface area contributed by atoms with Gasteiger partial charge in [-0.05, 0) is 50.2 Å². The largest absolute Gasteiger partial charge is 0.491 e. The van der Waals surface area contributed by atoms with Crippen molar-refractivity contribution < 1.29 is 9.84 Å². The Morgan fingerprint density at radius 1 is 1.24 bits per heavy atom. The molecule has 1 aromatic rings. The maximum absolute atomic E-state index is 9.23. The van der Waals surface area contributed by atoms with Gasteiger partial charge in [-0.2, -0.15) is 0 Å². The second-order valence-corrected chi connectivity index (χ2v) is 6.77. The molecule has 1 unspecified atom stereocenters. The zero-order valence-electron chi connectivity index (χ0n) is 16.2. The number of aliphatic hydroxyl groups is 1. The van der Waals surface area contributed by atoms with E-state index in [2.05, 4.69) is 36.4 Å². The molecule has 0 saturated heterocycles. The number of nitrogens with zero attached hydrogens (tertiary/aromatic N) is 1. The van der Waals surface area contributed by atoms with Gasteiger partial charge >= 0.3 is 0 Å². The SMILES string of the molecule is CCNC(=NCC(CCO)CC(C)C)NCCOc1ccccc1C. The Morgan fingerprint density at radius 2 is 2.00 bits per heavy atom. The van der Waals surface area contributed by atoms with E-state index < -0.39 is 0 Å². The number of aliphatic imine (C=N–C) groups is 1. The van der Waals surface area contributed by atoms with Gasteiger partial charge in [0.2, 0.25) is 0 Å². The number of rotatable bonds is 11. The first kappa shape index (κ1) is 21.3. The summed E-state index contributed by atoms with van der Waals surface area (Å²) in [4.78, 5) is 4.68. The van der Waals surface area contributed by atoms with Crippen LogP contribution in [0.25, 0.3) is 0 Å². The minimum atomic E-state index is 0.223. The Kier molecular flexibility index (Phi) is 10.7. The van der Waals surface area contributed by atoms with Crippen molar-refractivity contribution in [3.05, 3.63) is 29.8 Å². The number of para-hydroxylation sites is 1. The van der Waals surface area contributed by atoms with Crippen molar-refractivity contribution in [2.24, 2.45) is 16.8 Å². The van der Waals surface area contributed by atoms with Gasteiger partial charge in [0.1, 0.15) is 12.4 Å². The number of aryl methyl sites for hydroxylation is 1. The lowest BCUT2D eigenvalue weighted by Crippen LogP contribution is -2.39. The van der Waals surface area contributed by atoms with Crippen molar-refractivity contribution in [2.45, 2.75) is 40.5 Å². The fourth-order valence-electron chi connectivity index (χ4n) is 2.74. The van der Waals surface area contributed by atoms with E-state index in [9.17, 15) is 5.11 Å². The van der Waals surface area contributed by atoms with Crippen LogP contribution in [0.3, 0.4) is 0 Å². The van der Waals surface area contributed by atoms with E-state index in [-0.39, 0.29) is 6.61 Å². The molecule has 0 heterocycles. The molecule has 0 aliphatic carbocycles. The second kappa shape index (κ2) is 12.6. The van der Waals surface area contributed by atoms with Gasteiger partial charge in [-0.1, -0.05) is 32.0 Å². The van der Waals surface area contributed by atoms with Crippen LogP contribution in [0.5, 0.6) is 5.75 Å². The standard InChI is InChI=1S/C20H35N3O2/c1-5-21-20(23-15-18(10-12-24)14-16(2)3)22-11-13-25-19-9-7-6-8-17(19)4/h6-9,16,18,24H,5,10-15H2,1-4H3,(H2,21,22,23). The molecule has 3 N–H and O–H groups in total. The average molecular weight is 350 g/mol. The van der Waals surface area contributed by atoms with Crippen LogP contribution in [0.4, 0.5) is 0 Å². The number of hydrogen-bond donors (Lipinski definition) is 3. The number of ether oxygens (including phenoxy) is 1. The average Bonchev–Trinajstić information content (AvgIpc) is 2.57. The first-order valence-corrected chi connectivity index (χ1v) is 9.38. The summed E-state index contributed by atoms with van der Waals surface area (Å²) in [6, 6.07) is 8.03. The summed E-state index contributed by atoms with van der Waals surface area (Å²) < 4.78 is 5.80. The highest BCUT2D eigenvalue weighted by Crippen LogP contribution is 2.16. The van der Waals surface area contributed by atoms with Gasteiger partial charge in [0.05, 0.1) is 6.54 Å². The highest BCUT2D eigenvalue weighted by atomic mass is 16.5. The van der Waals surface area contributed by atoms with E-state index in [1.807, 2.05) is 31.2 Å². The molecule has 5 nitrogen and oxygen atoms in total. The van der Waals surface area contributed by atoms with Gasteiger partial charge in [-0.3, -0.25) is 4.99 Å². The Morgan fingerprint density at radius 3 is 2.64 bits per heavy atom. The summed E-state index contributed by atoms with van der Waals surface area (Å²) in [5.74, 6) is 2.77. The van der Waals surface area contributed by atoms with Crippen LogP contribution in [-0.4, -0.2) is 43.9 Å². The van der Waals surface area contributed by atoms with E-state index in [1.165, 1.54) is 0 Å². The molecular formula is C20H35N3O2. The van der Waals surface area contributed by atoms with Crippen molar-refractivity contribution >= 4 is 5.96 Å². The molecule has 1 rings (SSSR count). The third kappa shape index (κ3) is 9.34. The topological polar surface area (TPSA) is 65.9 Å². The number of guanidine groups is 1. The predicted octanol–water partition coefficient (Wildman–Crippen LogP) is 2.97. The van der Waals surface area contributed by atoms with Gasteiger partial charge < -0.3 is 20.5 Å². The summed E-state index contributed by atoms with van der Waals surface area (Å²) in [5.41, 5.74) is 1.14. The van der Waals surface area contributed by atoms with Crippen molar-refractivity contribution in [3.8, 4) is 5.75 Å². The zero-order chi connectivity index (χ0) is 18.5. The molecule has 0 bridgehead atoms. The zero-order valence-corrected chi connectivity index (χ0v) is 16.2. The Labute approximate surface area is 152 Å². The third-order valence-electron chi connectivity index (χ3n) is 3.94. The first-order chi connectivity index (χ1) is 12.1. The quantitative estimate of drug-likeness (QED) is 0.326. The molecule has 142 valence electrons. The molecule has 0 fully saturated rings. The lowest BCUT2D eigenvalue weighted by molar-refractivity contribution is 0.245. The molecule has 0 aliphatic heterocycles. The molecule has 0 spiro atoms. The van der Waals surface area contributed by atoms with Crippen LogP contribution in [-0.2, 0) is 0 Å². The molecule has 1 atom stereocenters. The number of hydrogen-bond acceptors (Lipinski definition) is 3. The number of nitrogens with one attached hydrogen (secondary N) is 2. The fourth-order valence-corrected chi connectivity index (χ4v) is 2.74. The van der Waals surface area contributed by atoms with E-state index >= 15 is 0 Å². The van der Waals surface area contributed by atoms with Crippen molar-refractivity contribution in [2.75, 3.05) is 32.8 Å². The van der Waals surface area contributed by atoms with Crippen LogP contribution >= 0.6 is 0 Å². The molecule has 0 radical (unpaired) electrons. The molecule has 1 aromatic carbocycles. The Hall–Kier alpha value is -1.75. The Bertz CT molecular complexity index is 503. The van der Waals surface area contributed by atoms with E-state index in [1.54, 1.807) is 0 Å². The normalized spacial score (nSPS) is 13.0. The van der Waals surface area contributed by atoms with Crippen LogP contribution in [0, 0.1) is 18.8 Å². The lowest BCUT2D eigenvalue weighted by Gasteiger charge is -2.17. The number of aliphatic hydroxyl groups excluding tert-OH is 1. The first-order valence-electron chi connectivity index (χ1n) is 9.38. The summed E-state index contributed by atoms with van der Waals surface area (Å²) in [5, 5.41) is 15.8. The lowest BCUT2D eigenvalue weighted by atomic mass is 9.94. The highest BCUT2D eigenvalue weighted by molar-refractivity contribution is 5.79. The van der Waals surface area contributed by atoms with Gasteiger partial charge in [0.15, 0.2) is 5.96 Å². The molecule has 0 aromatic heterocycles. The van der Waals surface area contributed by atoms with Crippen LogP contribution in [0.1, 0.15) is 39.2 Å². The summed E-state index contributed by atoms with van der Waals surface area (Å²) >= 11 is 0. The summed E-state index contributed by atoms with van der Waals surface area (Å²) in [6.07, 6.45) is 1.89. The van der Waals surface area contributed by atoms with E-state index in [0.717, 1.165) is 43.2 Å². The minimum absolute atomic E-state index is 0.223. The molecule has 0 aliphatic rings. The highest BCUT2D eigenvalue weighted by Gasteiger charge is 2.10. The number of benzene rings is 1. The minimum Gasteiger partial charge on any atom is -0.491 e. The molecule has 25 heavy (non-hydrogen) atoms. The summed E-state index contributed by atoms with van der Waals surface area (Å²) in [6.45, 7) is 11.6.